The molecular weight excluding hydrogens is 498 g/mol. The highest BCUT2D eigenvalue weighted by molar-refractivity contribution is 7.19. The molecule has 0 spiro atoms. The number of halogens is 4. The number of fused-ring (bicyclic) bond motifs is 2. The molecule has 0 amide bonds. The van der Waals surface area contributed by atoms with Crippen LogP contribution in [0.3, 0.4) is 0 Å². The Kier molecular flexibility index (Phi) is 5.00. The van der Waals surface area contributed by atoms with Crippen molar-refractivity contribution >= 4 is 85.7 Å². The summed E-state index contributed by atoms with van der Waals surface area (Å²) in [5.41, 5.74) is 2.74. The number of rotatable bonds is 2. The topological polar surface area (TPSA) is 52.0 Å². The van der Waals surface area contributed by atoms with Crippen LogP contribution in [0.15, 0.2) is 42.0 Å². The van der Waals surface area contributed by atoms with E-state index in [1.807, 2.05) is 48.0 Å². The van der Waals surface area contributed by atoms with Crippen LogP contribution in [0.4, 0.5) is 0 Å². The van der Waals surface area contributed by atoms with Gasteiger partial charge in [0.15, 0.2) is 17.2 Å². The van der Waals surface area contributed by atoms with Crippen LogP contribution in [0.1, 0.15) is 25.7 Å². The fraction of sp³-hybridized carbons (Fsp3) is 0.0455. The SMILES string of the molecule is Cn1c(-c2ccccc2)cc2sc(C=C3C(=O)c4c(Cl)c(Cl)c(Cl)c(Cl)c4C3=O)nc21. The molecule has 0 bridgehead atoms. The monoisotopic (exact) mass is 506 g/mol. The quantitative estimate of drug-likeness (QED) is 0.123. The third-order valence-corrected chi connectivity index (χ3v) is 7.89. The molecule has 0 atom stereocenters. The van der Waals surface area contributed by atoms with Crippen LogP contribution >= 0.6 is 57.7 Å². The second-order valence-corrected chi connectivity index (χ2v) is 9.49. The number of Topliss-reactive ketones (excluding diaryl/α,β-unsaturated/α-hetero) is 2. The van der Waals surface area contributed by atoms with E-state index in [9.17, 15) is 9.59 Å². The minimum Gasteiger partial charge on any atom is -0.328 e. The van der Waals surface area contributed by atoms with E-state index in [1.165, 1.54) is 17.4 Å². The summed E-state index contributed by atoms with van der Waals surface area (Å²) >= 11 is 25.9. The Bertz CT molecular complexity index is 1420. The first-order valence-corrected chi connectivity index (χ1v) is 11.3. The molecule has 0 N–H and O–H groups in total. The van der Waals surface area contributed by atoms with E-state index in [0.29, 0.717) is 5.01 Å². The van der Waals surface area contributed by atoms with E-state index in [2.05, 4.69) is 4.98 Å². The smallest absolute Gasteiger partial charge is 0.199 e. The lowest BCUT2D eigenvalue weighted by Gasteiger charge is -2.07. The number of carbonyl (C=O) groups excluding carboxylic acids is 2. The molecule has 4 aromatic rings. The van der Waals surface area contributed by atoms with Crippen molar-refractivity contribution in [2.75, 3.05) is 0 Å². The highest BCUT2D eigenvalue weighted by Crippen LogP contribution is 2.46. The third-order valence-electron chi connectivity index (χ3n) is 5.15. The maximum absolute atomic E-state index is 12.9. The van der Waals surface area contributed by atoms with Gasteiger partial charge in [0.1, 0.15) is 5.01 Å². The van der Waals surface area contributed by atoms with Gasteiger partial charge in [-0.15, -0.1) is 11.3 Å². The van der Waals surface area contributed by atoms with Gasteiger partial charge >= 0.3 is 0 Å². The Morgan fingerprint density at radius 1 is 0.903 bits per heavy atom. The van der Waals surface area contributed by atoms with Crippen molar-refractivity contribution in [3.05, 3.63) is 78.2 Å². The number of ketones is 2. The summed E-state index contributed by atoms with van der Waals surface area (Å²) in [6.07, 6.45) is 1.46. The van der Waals surface area contributed by atoms with Crippen LogP contribution < -0.4 is 0 Å². The lowest BCUT2D eigenvalue weighted by atomic mass is 10.1. The standard InChI is InChI=1S/C22H10Cl4N2O2S/c1-28-11(9-5-3-2-4-6-9)8-12-22(28)27-13(31-12)7-10-20(29)14-15(21(10)30)17(24)19(26)18(25)16(14)23/h2-8H,1H3. The molecule has 4 nitrogen and oxygen atoms in total. The molecule has 9 heteroatoms. The van der Waals surface area contributed by atoms with Gasteiger partial charge in [0, 0.05) is 7.05 Å². The molecule has 31 heavy (non-hydrogen) atoms. The summed E-state index contributed by atoms with van der Waals surface area (Å²) in [4.78, 5) is 30.5. The van der Waals surface area contributed by atoms with Crippen LogP contribution in [0.2, 0.25) is 20.1 Å². The van der Waals surface area contributed by atoms with Crippen LogP contribution in [-0.4, -0.2) is 21.1 Å². The van der Waals surface area contributed by atoms with Crippen LogP contribution in [0.5, 0.6) is 0 Å². The molecule has 0 saturated carbocycles. The van der Waals surface area contributed by atoms with Gasteiger partial charge in [-0.05, 0) is 17.7 Å². The summed E-state index contributed by atoms with van der Waals surface area (Å²) in [7, 11) is 1.92. The van der Waals surface area contributed by atoms with Crippen LogP contribution in [0.25, 0.3) is 27.7 Å². The summed E-state index contributed by atoms with van der Waals surface area (Å²) in [5, 5.41) is 0.259. The molecule has 154 valence electrons. The zero-order chi connectivity index (χ0) is 22.0. The normalized spacial score (nSPS) is 13.4. The maximum atomic E-state index is 12.9. The molecule has 1 aliphatic rings. The van der Waals surface area contributed by atoms with Crippen molar-refractivity contribution in [2.24, 2.45) is 7.05 Å². The van der Waals surface area contributed by atoms with Crippen LogP contribution in [0, 0.1) is 0 Å². The molecular formula is C22H10Cl4N2O2S. The van der Waals surface area contributed by atoms with Gasteiger partial charge in [-0.1, -0.05) is 76.7 Å². The third kappa shape index (κ3) is 3.07. The minimum atomic E-state index is -0.547. The van der Waals surface area contributed by atoms with E-state index in [-0.39, 0.29) is 36.8 Å². The van der Waals surface area contributed by atoms with Crippen molar-refractivity contribution in [2.45, 2.75) is 0 Å². The Labute approximate surface area is 200 Å². The van der Waals surface area contributed by atoms with E-state index >= 15 is 0 Å². The molecule has 0 aliphatic heterocycles. The largest absolute Gasteiger partial charge is 0.328 e. The number of allylic oxidation sites excluding steroid dienone is 1. The number of aromatic nitrogens is 2. The predicted octanol–water partition coefficient (Wildman–Crippen LogP) is 7.38. The van der Waals surface area contributed by atoms with Crippen molar-refractivity contribution in [3.8, 4) is 11.3 Å². The molecule has 0 radical (unpaired) electrons. The molecule has 1 aliphatic carbocycles. The molecule has 0 unspecified atom stereocenters. The number of aryl methyl sites for hydroxylation is 1. The number of thiazole rings is 1. The Balaban J connectivity index is 1.60. The molecule has 5 rings (SSSR count). The number of nitrogens with zero attached hydrogens (tertiary/aromatic N) is 2. The van der Waals surface area contributed by atoms with E-state index in [4.69, 9.17) is 46.4 Å². The van der Waals surface area contributed by atoms with Gasteiger partial charge < -0.3 is 4.57 Å². The van der Waals surface area contributed by atoms with Gasteiger partial charge in [0.25, 0.3) is 0 Å². The highest BCUT2D eigenvalue weighted by atomic mass is 35.5. The average Bonchev–Trinajstić information content (AvgIpc) is 3.38. The van der Waals surface area contributed by atoms with E-state index in [0.717, 1.165) is 21.6 Å². The Morgan fingerprint density at radius 2 is 1.48 bits per heavy atom. The fourth-order valence-electron chi connectivity index (χ4n) is 3.64. The second-order valence-electron chi connectivity index (χ2n) is 6.92. The fourth-order valence-corrected chi connectivity index (χ4v) is 5.65. The number of carbonyl (C=O) groups is 2. The summed E-state index contributed by atoms with van der Waals surface area (Å²) in [6.45, 7) is 0. The van der Waals surface area contributed by atoms with Gasteiger partial charge in [0.05, 0.1) is 47.2 Å². The van der Waals surface area contributed by atoms with E-state index in [1.54, 1.807) is 0 Å². The first-order valence-electron chi connectivity index (χ1n) is 8.98. The van der Waals surface area contributed by atoms with Gasteiger partial charge in [-0.3, -0.25) is 9.59 Å². The summed E-state index contributed by atoms with van der Waals surface area (Å²) in [5.74, 6) is -1.09. The number of benzene rings is 2. The lowest BCUT2D eigenvalue weighted by Crippen LogP contribution is -2.00. The first-order chi connectivity index (χ1) is 14.8. The van der Waals surface area contributed by atoms with Crippen molar-refractivity contribution < 1.29 is 9.59 Å². The Hall–Kier alpha value is -2.15. The lowest BCUT2D eigenvalue weighted by molar-refractivity contribution is 0.0990. The molecule has 2 aromatic carbocycles. The number of hydrogen-bond donors (Lipinski definition) is 0. The highest BCUT2D eigenvalue weighted by Gasteiger charge is 2.39. The van der Waals surface area contributed by atoms with E-state index < -0.39 is 11.6 Å². The zero-order valence-corrected chi connectivity index (χ0v) is 19.5. The van der Waals surface area contributed by atoms with Crippen molar-refractivity contribution in [3.63, 3.8) is 0 Å². The molecule has 2 aromatic heterocycles. The van der Waals surface area contributed by atoms with Gasteiger partial charge in [-0.25, -0.2) is 4.98 Å². The minimum absolute atomic E-state index is 0.0233. The molecule has 0 fully saturated rings. The maximum Gasteiger partial charge on any atom is 0.199 e. The second kappa shape index (κ2) is 7.47. The zero-order valence-electron chi connectivity index (χ0n) is 15.7. The number of hydrogen-bond acceptors (Lipinski definition) is 4. The van der Waals surface area contributed by atoms with Crippen molar-refractivity contribution in [1.82, 2.24) is 9.55 Å². The van der Waals surface area contributed by atoms with Gasteiger partial charge in [-0.2, -0.15) is 0 Å². The van der Waals surface area contributed by atoms with Gasteiger partial charge in [0.2, 0.25) is 0 Å². The average molecular weight is 508 g/mol. The Morgan fingerprint density at radius 3 is 2.03 bits per heavy atom. The van der Waals surface area contributed by atoms with Crippen LogP contribution in [-0.2, 0) is 7.05 Å². The summed E-state index contributed by atoms with van der Waals surface area (Å²) in [6, 6.07) is 12.0. The molecule has 0 saturated heterocycles. The molecule has 2 heterocycles. The first kappa shape index (κ1) is 20.7. The summed E-state index contributed by atoms with van der Waals surface area (Å²) < 4.78 is 2.91. The predicted molar refractivity (Wildman–Crippen MR) is 127 cm³/mol. The van der Waals surface area contributed by atoms with Crippen molar-refractivity contribution in [1.29, 1.82) is 0 Å².